The molecule has 162 valence electrons. The Bertz CT molecular complexity index is 1160. The summed E-state index contributed by atoms with van der Waals surface area (Å²) in [5, 5.41) is 26.0. The first-order valence-corrected chi connectivity index (χ1v) is 10.1. The second-order valence-electron chi connectivity index (χ2n) is 8.54. The summed E-state index contributed by atoms with van der Waals surface area (Å²) in [4.78, 5) is 15.7. The summed E-state index contributed by atoms with van der Waals surface area (Å²) in [5.74, 6) is 0.681. The van der Waals surface area contributed by atoms with Crippen molar-refractivity contribution in [3.8, 4) is 23.1 Å². The molecule has 1 atom stereocenters. The number of nitrogens with zero attached hydrogens (tertiary/aromatic N) is 4. The highest BCUT2D eigenvalue weighted by molar-refractivity contribution is 5.67. The second kappa shape index (κ2) is 8.64. The van der Waals surface area contributed by atoms with Crippen molar-refractivity contribution in [1.29, 1.82) is 5.26 Å². The molecule has 2 aromatic heterocycles. The van der Waals surface area contributed by atoms with Gasteiger partial charge in [0.05, 0.1) is 22.5 Å². The number of carboxylic acid groups (broad SMARTS) is 1. The van der Waals surface area contributed by atoms with Crippen LogP contribution in [0.25, 0.3) is 16.9 Å². The molecule has 0 saturated carbocycles. The molecule has 1 amide bonds. The maximum atomic E-state index is 11.2. The van der Waals surface area contributed by atoms with Crippen molar-refractivity contribution in [2.24, 2.45) is 5.92 Å². The van der Waals surface area contributed by atoms with Crippen molar-refractivity contribution in [2.45, 2.75) is 46.6 Å². The third kappa shape index (κ3) is 5.12. The molecule has 0 aliphatic rings. The normalized spacial score (nSPS) is 13.1. The molecule has 0 spiro atoms. The first-order chi connectivity index (χ1) is 14.6. The van der Waals surface area contributed by atoms with E-state index in [1.807, 2.05) is 45.9 Å². The van der Waals surface area contributed by atoms with Crippen LogP contribution in [-0.4, -0.2) is 37.9 Å². The van der Waals surface area contributed by atoms with Crippen LogP contribution in [0.15, 0.2) is 30.3 Å². The Morgan fingerprint density at radius 1 is 1.29 bits per heavy atom. The van der Waals surface area contributed by atoms with Crippen LogP contribution in [0, 0.1) is 31.1 Å². The SMILES string of the molecule is Cc1cc(-c2ccc(OCC(C)(CC(C)C)NC(=O)O)c(C#N)c2)n2nc(C)cc2n1. The van der Waals surface area contributed by atoms with Crippen LogP contribution in [0.2, 0.25) is 0 Å². The summed E-state index contributed by atoms with van der Waals surface area (Å²) in [5.41, 5.74) is 3.70. The number of hydrogen-bond donors (Lipinski definition) is 2. The lowest BCUT2D eigenvalue weighted by Crippen LogP contribution is -2.50. The molecule has 0 aliphatic heterocycles. The van der Waals surface area contributed by atoms with Gasteiger partial charge in [-0.3, -0.25) is 0 Å². The number of nitriles is 1. The van der Waals surface area contributed by atoms with Gasteiger partial charge in [0, 0.05) is 17.3 Å². The zero-order chi connectivity index (χ0) is 22.8. The zero-order valence-corrected chi connectivity index (χ0v) is 18.4. The molecule has 0 aliphatic carbocycles. The Labute approximate surface area is 181 Å². The number of benzene rings is 1. The fraction of sp³-hybridized carbons (Fsp3) is 0.391. The summed E-state index contributed by atoms with van der Waals surface area (Å²) in [6.07, 6.45) is -0.499. The van der Waals surface area contributed by atoms with Gasteiger partial charge in [-0.2, -0.15) is 10.4 Å². The average Bonchev–Trinajstić information content (AvgIpc) is 3.04. The van der Waals surface area contributed by atoms with Gasteiger partial charge in [-0.05, 0) is 57.4 Å². The molecule has 0 bridgehead atoms. The molecule has 31 heavy (non-hydrogen) atoms. The van der Waals surface area contributed by atoms with Crippen LogP contribution in [0.4, 0.5) is 4.79 Å². The lowest BCUT2D eigenvalue weighted by atomic mass is 9.91. The average molecular weight is 422 g/mol. The molecular formula is C23H27N5O3. The molecule has 1 aromatic carbocycles. The molecule has 1 unspecified atom stereocenters. The van der Waals surface area contributed by atoms with Crippen LogP contribution in [0.3, 0.4) is 0 Å². The largest absolute Gasteiger partial charge is 0.490 e. The molecule has 2 N–H and O–H groups in total. The van der Waals surface area contributed by atoms with Crippen LogP contribution < -0.4 is 10.1 Å². The van der Waals surface area contributed by atoms with E-state index in [1.54, 1.807) is 23.6 Å². The Hall–Kier alpha value is -3.60. The van der Waals surface area contributed by atoms with Gasteiger partial charge in [-0.15, -0.1) is 0 Å². The van der Waals surface area contributed by atoms with E-state index in [0.29, 0.717) is 17.7 Å². The number of nitrogens with one attached hydrogen (secondary N) is 1. The molecule has 0 fully saturated rings. The van der Waals surface area contributed by atoms with E-state index in [1.165, 1.54) is 0 Å². The standard InChI is InChI=1S/C23H27N5O3/c1-14(2)11-23(5,26-22(29)30)13-31-20-7-6-17(10-18(20)12-24)19-8-15(3)25-21-9-16(4)27-28(19)21/h6-10,14,26H,11,13H2,1-5H3,(H,29,30). The number of hydrogen-bond acceptors (Lipinski definition) is 5. The Morgan fingerprint density at radius 2 is 2.03 bits per heavy atom. The maximum absolute atomic E-state index is 11.2. The lowest BCUT2D eigenvalue weighted by molar-refractivity contribution is 0.143. The number of rotatable bonds is 7. The summed E-state index contributed by atoms with van der Waals surface area (Å²) < 4.78 is 7.68. The second-order valence-corrected chi connectivity index (χ2v) is 8.54. The number of aromatic nitrogens is 3. The highest BCUT2D eigenvalue weighted by Crippen LogP contribution is 2.28. The fourth-order valence-corrected chi connectivity index (χ4v) is 3.87. The van der Waals surface area contributed by atoms with Gasteiger partial charge in [0.2, 0.25) is 0 Å². The summed E-state index contributed by atoms with van der Waals surface area (Å²) in [7, 11) is 0. The molecule has 0 saturated heterocycles. The van der Waals surface area contributed by atoms with E-state index in [2.05, 4.69) is 21.5 Å². The van der Waals surface area contributed by atoms with Gasteiger partial charge in [0.1, 0.15) is 18.4 Å². The maximum Gasteiger partial charge on any atom is 0.405 e. The number of aryl methyl sites for hydroxylation is 2. The van der Waals surface area contributed by atoms with E-state index >= 15 is 0 Å². The molecule has 8 heteroatoms. The number of carbonyl (C=O) groups is 1. The first kappa shape index (κ1) is 22.1. The minimum absolute atomic E-state index is 0.114. The molecule has 3 aromatic rings. The highest BCUT2D eigenvalue weighted by atomic mass is 16.5. The van der Waals surface area contributed by atoms with Crippen LogP contribution in [0.5, 0.6) is 5.75 Å². The molecule has 0 radical (unpaired) electrons. The van der Waals surface area contributed by atoms with Gasteiger partial charge < -0.3 is 15.2 Å². The zero-order valence-electron chi connectivity index (χ0n) is 18.4. The number of amides is 1. The fourth-order valence-electron chi connectivity index (χ4n) is 3.87. The monoisotopic (exact) mass is 421 g/mol. The third-order valence-electron chi connectivity index (χ3n) is 4.89. The third-order valence-corrected chi connectivity index (χ3v) is 4.89. The predicted molar refractivity (Wildman–Crippen MR) is 117 cm³/mol. The smallest absolute Gasteiger partial charge is 0.405 e. The lowest BCUT2D eigenvalue weighted by Gasteiger charge is -2.31. The van der Waals surface area contributed by atoms with Gasteiger partial charge in [-0.1, -0.05) is 13.8 Å². The molecule has 2 heterocycles. The summed E-state index contributed by atoms with van der Waals surface area (Å²) in [6, 6.07) is 11.4. The highest BCUT2D eigenvalue weighted by Gasteiger charge is 2.29. The molecule has 8 nitrogen and oxygen atoms in total. The van der Waals surface area contributed by atoms with Crippen LogP contribution in [-0.2, 0) is 0 Å². The van der Waals surface area contributed by atoms with Gasteiger partial charge in [-0.25, -0.2) is 14.3 Å². The summed E-state index contributed by atoms with van der Waals surface area (Å²) >= 11 is 0. The van der Waals surface area contributed by atoms with Crippen molar-refractivity contribution in [2.75, 3.05) is 6.61 Å². The van der Waals surface area contributed by atoms with E-state index in [0.717, 1.165) is 28.3 Å². The van der Waals surface area contributed by atoms with Crippen LogP contribution >= 0.6 is 0 Å². The quantitative estimate of drug-likeness (QED) is 0.587. The van der Waals surface area contributed by atoms with E-state index < -0.39 is 11.6 Å². The van der Waals surface area contributed by atoms with Crippen molar-refractivity contribution < 1.29 is 14.6 Å². The number of fused-ring (bicyclic) bond motifs is 1. The van der Waals surface area contributed by atoms with E-state index in [9.17, 15) is 15.2 Å². The van der Waals surface area contributed by atoms with Gasteiger partial charge in [0.25, 0.3) is 0 Å². The minimum atomic E-state index is -1.10. The summed E-state index contributed by atoms with van der Waals surface area (Å²) in [6.45, 7) is 9.78. The Balaban J connectivity index is 1.92. The van der Waals surface area contributed by atoms with Gasteiger partial charge >= 0.3 is 6.09 Å². The van der Waals surface area contributed by atoms with E-state index in [4.69, 9.17) is 4.74 Å². The van der Waals surface area contributed by atoms with Crippen molar-refractivity contribution >= 4 is 11.7 Å². The topological polar surface area (TPSA) is 113 Å². The molecule has 3 rings (SSSR count). The van der Waals surface area contributed by atoms with Gasteiger partial charge in [0.15, 0.2) is 5.65 Å². The Kier molecular flexibility index (Phi) is 6.16. The molecular weight excluding hydrogens is 394 g/mol. The van der Waals surface area contributed by atoms with Crippen LogP contribution in [0.1, 0.15) is 44.1 Å². The van der Waals surface area contributed by atoms with E-state index in [-0.39, 0.29) is 12.5 Å². The van der Waals surface area contributed by atoms with Crippen molar-refractivity contribution in [1.82, 2.24) is 19.9 Å². The Morgan fingerprint density at radius 3 is 2.68 bits per heavy atom. The van der Waals surface area contributed by atoms with Crippen molar-refractivity contribution in [3.05, 3.63) is 47.3 Å². The minimum Gasteiger partial charge on any atom is -0.490 e. The number of ether oxygens (including phenoxy) is 1. The van der Waals surface area contributed by atoms with Crippen molar-refractivity contribution in [3.63, 3.8) is 0 Å². The first-order valence-electron chi connectivity index (χ1n) is 10.1. The predicted octanol–water partition coefficient (Wildman–Crippen LogP) is 4.34.